The van der Waals surface area contributed by atoms with E-state index in [9.17, 15) is 5.11 Å². The standard InChI is InChI=1S/C7H16N2O/c1-6(8)7(10)3-2-4-9-5-7/h6,9-10H,2-5,8H2,1H3. The molecule has 0 aliphatic carbocycles. The van der Waals surface area contributed by atoms with Crippen molar-refractivity contribution < 1.29 is 5.11 Å². The average molecular weight is 144 g/mol. The van der Waals surface area contributed by atoms with Crippen LogP contribution in [0.4, 0.5) is 0 Å². The van der Waals surface area contributed by atoms with E-state index in [2.05, 4.69) is 5.32 Å². The van der Waals surface area contributed by atoms with Crippen LogP contribution in [0.3, 0.4) is 0 Å². The van der Waals surface area contributed by atoms with Crippen molar-refractivity contribution in [1.82, 2.24) is 5.32 Å². The first-order valence-corrected chi connectivity index (χ1v) is 3.84. The molecule has 0 spiro atoms. The highest BCUT2D eigenvalue weighted by molar-refractivity contribution is 4.91. The van der Waals surface area contributed by atoms with Crippen molar-refractivity contribution in [2.45, 2.75) is 31.4 Å². The Morgan fingerprint density at radius 1 is 1.70 bits per heavy atom. The zero-order valence-electron chi connectivity index (χ0n) is 6.43. The van der Waals surface area contributed by atoms with Crippen LogP contribution in [0.15, 0.2) is 0 Å². The largest absolute Gasteiger partial charge is 0.387 e. The summed E-state index contributed by atoms with van der Waals surface area (Å²) in [6, 6.07) is -0.125. The van der Waals surface area contributed by atoms with Gasteiger partial charge >= 0.3 is 0 Å². The zero-order chi connectivity index (χ0) is 7.61. The minimum atomic E-state index is -0.655. The lowest BCUT2D eigenvalue weighted by Gasteiger charge is -2.35. The maximum absolute atomic E-state index is 9.76. The molecule has 10 heavy (non-hydrogen) atoms. The van der Waals surface area contributed by atoms with Crippen LogP contribution in [0.2, 0.25) is 0 Å². The van der Waals surface area contributed by atoms with Gasteiger partial charge in [0.1, 0.15) is 0 Å². The van der Waals surface area contributed by atoms with Crippen LogP contribution in [-0.2, 0) is 0 Å². The molecule has 0 amide bonds. The normalized spacial score (nSPS) is 37.5. The molecule has 3 heteroatoms. The fourth-order valence-corrected chi connectivity index (χ4v) is 1.30. The second-order valence-electron chi connectivity index (χ2n) is 3.17. The molecular weight excluding hydrogens is 128 g/mol. The summed E-state index contributed by atoms with van der Waals surface area (Å²) in [4.78, 5) is 0. The van der Waals surface area contributed by atoms with Crippen molar-refractivity contribution in [3.63, 3.8) is 0 Å². The fraction of sp³-hybridized carbons (Fsp3) is 1.00. The zero-order valence-corrected chi connectivity index (χ0v) is 6.43. The third-order valence-electron chi connectivity index (χ3n) is 2.24. The topological polar surface area (TPSA) is 58.3 Å². The molecule has 2 atom stereocenters. The average Bonchev–Trinajstić information content (AvgIpc) is 1.89. The van der Waals surface area contributed by atoms with Gasteiger partial charge in [0.25, 0.3) is 0 Å². The molecule has 1 saturated heterocycles. The molecule has 1 fully saturated rings. The van der Waals surface area contributed by atoms with Crippen LogP contribution in [0.5, 0.6) is 0 Å². The van der Waals surface area contributed by atoms with Crippen LogP contribution in [0.1, 0.15) is 19.8 Å². The summed E-state index contributed by atoms with van der Waals surface area (Å²) >= 11 is 0. The highest BCUT2D eigenvalue weighted by Gasteiger charge is 2.32. The lowest BCUT2D eigenvalue weighted by Crippen LogP contribution is -2.55. The Labute approximate surface area is 61.6 Å². The van der Waals surface area contributed by atoms with Crippen molar-refractivity contribution in [2.75, 3.05) is 13.1 Å². The Balaban J connectivity index is 2.48. The minimum absolute atomic E-state index is 0.125. The monoisotopic (exact) mass is 144 g/mol. The summed E-state index contributed by atoms with van der Waals surface area (Å²) < 4.78 is 0. The van der Waals surface area contributed by atoms with E-state index in [-0.39, 0.29) is 6.04 Å². The van der Waals surface area contributed by atoms with Crippen LogP contribution in [0, 0.1) is 0 Å². The molecule has 2 unspecified atom stereocenters. The van der Waals surface area contributed by atoms with Gasteiger partial charge in [-0.1, -0.05) is 0 Å². The summed E-state index contributed by atoms with van der Waals surface area (Å²) in [6.07, 6.45) is 1.86. The third-order valence-corrected chi connectivity index (χ3v) is 2.24. The van der Waals surface area contributed by atoms with E-state index in [4.69, 9.17) is 5.73 Å². The Morgan fingerprint density at radius 2 is 2.40 bits per heavy atom. The van der Waals surface area contributed by atoms with Gasteiger partial charge in [-0.05, 0) is 26.3 Å². The van der Waals surface area contributed by atoms with E-state index >= 15 is 0 Å². The molecular formula is C7H16N2O. The molecule has 3 nitrogen and oxygen atoms in total. The Morgan fingerprint density at radius 3 is 2.70 bits per heavy atom. The number of nitrogens with one attached hydrogen (secondary N) is 1. The van der Waals surface area contributed by atoms with Gasteiger partial charge in [-0.25, -0.2) is 0 Å². The molecule has 1 heterocycles. The number of aliphatic hydroxyl groups is 1. The Kier molecular flexibility index (Phi) is 2.28. The van der Waals surface area contributed by atoms with Crippen molar-refractivity contribution in [2.24, 2.45) is 5.73 Å². The number of hydrogen-bond acceptors (Lipinski definition) is 3. The summed E-state index contributed by atoms with van der Waals surface area (Å²) in [5.74, 6) is 0. The van der Waals surface area contributed by atoms with Crippen molar-refractivity contribution in [1.29, 1.82) is 0 Å². The molecule has 1 aliphatic heterocycles. The molecule has 60 valence electrons. The molecule has 0 saturated carbocycles. The lowest BCUT2D eigenvalue weighted by atomic mass is 9.88. The minimum Gasteiger partial charge on any atom is -0.387 e. The van der Waals surface area contributed by atoms with Gasteiger partial charge in [-0.3, -0.25) is 0 Å². The predicted molar refractivity (Wildman–Crippen MR) is 40.7 cm³/mol. The molecule has 0 aromatic rings. The van der Waals surface area contributed by atoms with Gasteiger partial charge in [0.05, 0.1) is 5.60 Å². The van der Waals surface area contributed by atoms with Gasteiger partial charge in [0.15, 0.2) is 0 Å². The summed E-state index contributed by atoms with van der Waals surface area (Å²) in [5.41, 5.74) is 4.96. The van der Waals surface area contributed by atoms with Gasteiger partial charge in [0, 0.05) is 12.6 Å². The Hall–Kier alpha value is -0.120. The van der Waals surface area contributed by atoms with Crippen molar-refractivity contribution in [3.8, 4) is 0 Å². The second-order valence-corrected chi connectivity index (χ2v) is 3.17. The van der Waals surface area contributed by atoms with E-state index in [1.165, 1.54) is 0 Å². The molecule has 1 rings (SSSR count). The number of nitrogens with two attached hydrogens (primary N) is 1. The van der Waals surface area contributed by atoms with Gasteiger partial charge in [0.2, 0.25) is 0 Å². The second kappa shape index (κ2) is 2.86. The number of β-amino-alcohol motifs (C(OH)–C–C–N with tert-alkyl or cyclic N) is 1. The van der Waals surface area contributed by atoms with Crippen LogP contribution in [0.25, 0.3) is 0 Å². The number of piperidine rings is 1. The fourth-order valence-electron chi connectivity index (χ4n) is 1.30. The highest BCUT2D eigenvalue weighted by Crippen LogP contribution is 2.18. The predicted octanol–water partition coefficient (Wildman–Crippen LogP) is -0.552. The molecule has 0 bridgehead atoms. The Bertz CT molecular complexity index is 108. The number of rotatable bonds is 1. The smallest absolute Gasteiger partial charge is 0.0919 e. The van der Waals surface area contributed by atoms with E-state index in [1.807, 2.05) is 6.92 Å². The summed E-state index contributed by atoms with van der Waals surface area (Å²) in [7, 11) is 0. The molecule has 0 aromatic heterocycles. The van der Waals surface area contributed by atoms with E-state index in [1.54, 1.807) is 0 Å². The summed E-state index contributed by atoms with van der Waals surface area (Å²) in [6.45, 7) is 3.51. The maximum Gasteiger partial charge on any atom is 0.0919 e. The van der Waals surface area contributed by atoms with E-state index in [0.29, 0.717) is 6.54 Å². The van der Waals surface area contributed by atoms with Crippen LogP contribution >= 0.6 is 0 Å². The highest BCUT2D eigenvalue weighted by atomic mass is 16.3. The summed E-state index contributed by atoms with van der Waals surface area (Å²) in [5, 5.41) is 12.9. The van der Waals surface area contributed by atoms with Crippen molar-refractivity contribution in [3.05, 3.63) is 0 Å². The molecule has 4 N–H and O–H groups in total. The molecule has 0 radical (unpaired) electrons. The quantitative estimate of drug-likeness (QED) is 0.463. The van der Waals surface area contributed by atoms with E-state index < -0.39 is 5.60 Å². The first kappa shape index (κ1) is 7.98. The first-order chi connectivity index (χ1) is 4.65. The third kappa shape index (κ3) is 1.48. The van der Waals surface area contributed by atoms with Gasteiger partial charge < -0.3 is 16.2 Å². The first-order valence-electron chi connectivity index (χ1n) is 3.84. The lowest BCUT2D eigenvalue weighted by molar-refractivity contribution is -0.00226. The maximum atomic E-state index is 9.76. The van der Waals surface area contributed by atoms with Crippen LogP contribution < -0.4 is 11.1 Å². The van der Waals surface area contributed by atoms with Gasteiger partial charge in [-0.2, -0.15) is 0 Å². The molecule has 1 aliphatic rings. The van der Waals surface area contributed by atoms with Crippen molar-refractivity contribution >= 4 is 0 Å². The SMILES string of the molecule is CC(N)C1(O)CCCNC1. The van der Waals surface area contributed by atoms with Crippen LogP contribution in [-0.4, -0.2) is 29.8 Å². The molecule has 0 aromatic carbocycles. The van der Waals surface area contributed by atoms with E-state index in [0.717, 1.165) is 19.4 Å². The van der Waals surface area contributed by atoms with Gasteiger partial charge in [-0.15, -0.1) is 0 Å². The number of hydrogen-bond donors (Lipinski definition) is 3.